The fourth-order valence-corrected chi connectivity index (χ4v) is 3.99. The largest absolute Gasteiger partial charge is 0.338 e. The Labute approximate surface area is 143 Å². The third-order valence-electron chi connectivity index (χ3n) is 3.96. The van der Waals surface area contributed by atoms with E-state index in [4.69, 9.17) is 0 Å². The summed E-state index contributed by atoms with van der Waals surface area (Å²) in [6.45, 7) is 8.16. The van der Waals surface area contributed by atoms with Crippen LogP contribution in [0.4, 0.5) is 0 Å². The number of nitrogens with one attached hydrogen (secondary N) is 1. The Balaban J connectivity index is 2.45. The van der Waals surface area contributed by atoms with Gasteiger partial charge in [-0.2, -0.15) is 0 Å². The normalized spacial score (nSPS) is 13.3. The number of hydrogen-bond acceptors (Lipinski definition) is 3. The monoisotopic (exact) mass is 345 g/mol. The highest BCUT2D eigenvalue weighted by Gasteiger charge is 2.29. The molecule has 0 fully saturated rings. The molecule has 0 heterocycles. The van der Waals surface area contributed by atoms with Crippen LogP contribution in [0.5, 0.6) is 0 Å². The summed E-state index contributed by atoms with van der Waals surface area (Å²) in [5, 5.41) is 1.34. The average molecular weight is 345 g/mol. The maximum absolute atomic E-state index is 12.9. The third kappa shape index (κ3) is 3.85. The van der Waals surface area contributed by atoms with E-state index in [-0.39, 0.29) is 10.3 Å². The van der Waals surface area contributed by atoms with Gasteiger partial charge < -0.3 is 5.32 Å². The highest BCUT2D eigenvalue weighted by Crippen LogP contribution is 2.29. The smallest absolute Gasteiger partial charge is 0.208 e. The van der Waals surface area contributed by atoms with E-state index in [0.717, 1.165) is 11.1 Å². The first kappa shape index (κ1) is 18.2. The summed E-state index contributed by atoms with van der Waals surface area (Å²) < 4.78 is 25.8. The maximum Gasteiger partial charge on any atom is 0.208 e. The van der Waals surface area contributed by atoms with E-state index in [1.807, 2.05) is 19.1 Å². The molecular formula is C19H23NO3S. The van der Waals surface area contributed by atoms with Crippen molar-refractivity contribution in [1.29, 1.82) is 0 Å². The molecule has 0 aliphatic rings. The Bertz CT molecular complexity index is 801. The van der Waals surface area contributed by atoms with E-state index in [1.54, 1.807) is 36.4 Å². The number of carbonyl (C=O) groups excluding carboxylic acids is 1. The van der Waals surface area contributed by atoms with Crippen LogP contribution in [0.3, 0.4) is 0 Å². The van der Waals surface area contributed by atoms with Crippen molar-refractivity contribution in [3.05, 3.63) is 65.2 Å². The van der Waals surface area contributed by atoms with Crippen LogP contribution in [0.15, 0.2) is 53.4 Å². The van der Waals surface area contributed by atoms with Crippen molar-refractivity contribution in [2.75, 3.05) is 0 Å². The van der Waals surface area contributed by atoms with Crippen molar-refractivity contribution in [1.82, 2.24) is 5.32 Å². The number of sulfone groups is 1. The topological polar surface area (TPSA) is 63.2 Å². The Kier molecular flexibility index (Phi) is 5.13. The van der Waals surface area contributed by atoms with E-state index in [2.05, 4.69) is 26.1 Å². The van der Waals surface area contributed by atoms with Gasteiger partial charge in [0, 0.05) is 0 Å². The van der Waals surface area contributed by atoms with Crippen LogP contribution in [0.1, 0.15) is 42.8 Å². The van der Waals surface area contributed by atoms with E-state index >= 15 is 0 Å². The number of hydrogen-bond donors (Lipinski definition) is 1. The lowest BCUT2D eigenvalue weighted by atomic mass is 9.87. The maximum atomic E-state index is 12.9. The van der Waals surface area contributed by atoms with Crippen LogP contribution < -0.4 is 5.32 Å². The molecule has 5 heteroatoms. The van der Waals surface area contributed by atoms with Gasteiger partial charge in [-0.05, 0) is 35.6 Å². The van der Waals surface area contributed by atoms with Gasteiger partial charge in [-0.25, -0.2) is 8.42 Å². The molecule has 128 valence electrons. The van der Waals surface area contributed by atoms with Crippen LogP contribution in [0.2, 0.25) is 0 Å². The van der Waals surface area contributed by atoms with Crippen molar-refractivity contribution in [2.24, 2.45) is 0 Å². The second-order valence-corrected chi connectivity index (χ2v) is 8.93. The van der Waals surface area contributed by atoms with Gasteiger partial charge in [0.1, 0.15) is 0 Å². The van der Waals surface area contributed by atoms with Gasteiger partial charge in [-0.15, -0.1) is 0 Å². The van der Waals surface area contributed by atoms with Gasteiger partial charge >= 0.3 is 0 Å². The zero-order valence-corrected chi connectivity index (χ0v) is 15.2. The zero-order chi connectivity index (χ0) is 18.0. The molecule has 0 saturated carbocycles. The van der Waals surface area contributed by atoms with Gasteiger partial charge in [0.25, 0.3) is 0 Å². The van der Waals surface area contributed by atoms with Gasteiger partial charge in [0.2, 0.25) is 16.2 Å². The molecule has 2 aromatic carbocycles. The minimum Gasteiger partial charge on any atom is -0.338 e. The summed E-state index contributed by atoms with van der Waals surface area (Å²) in [5.41, 5.74) is 2.59. The quantitative estimate of drug-likeness (QED) is 0.844. The summed E-state index contributed by atoms with van der Waals surface area (Å²) in [4.78, 5) is 11.2. The molecule has 4 nitrogen and oxygen atoms in total. The molecule has 1 amide bonds. The molecule has 0 spiro atoms. The first-order chi connectivity index (χ1) is 11.2. The van der Waals surface area contributed by atoms with E-state index in [1.165, 1.54) is 0 Å². The van der Waals surface area contributed by atoms with E-state index < -0.39 is 15.2 Å². The molecule has 0 aliphatic carbocycles. The van der Waals surface area contributed by atoms with Crippen molar-refractivity contribution in [2.45, 2.75) is 43.4 Å². The molecule has 2 aromatic rings. The highest BCUT2D eigenvalue weighted by atomic mass is 32.2. The number of benzene rings is 2. The average Bonchev–Trinajstić information content (AvgIpc) is 2.52. The minimum absolute atomic E-state index is 0.0258. The Morgan fingerprint density at radius 2 is 1.50 bits per heavy atom. The molecule has 0 bridgehead atoms. The molecule has 1 atom stereocenters. The van der Waals surface area contributed by atoms with E-state index in [9.17, 15) is 13.2 Å². The van der Waals surface area contributed by atoms with Crippen molar-refractivity contribution in [3.8, 4) is 0 Å². The second kappa shape index (κ2) is 6.77. The molecular weight excluding hydrogens is 322 g/mol. The van der Waals surface area contributed by atoms with Gasteiger partial charge in [-0.1, -0.05) is 62.7 Å². The molecule has 0 saturated heterocycles. The molecule has 1 unspecified atom stereocenters. The number of carbonyl (C=O) groups is 1. The van der Waals surface area contributed by atoms with Crippen molar-refractivity contribution < 1.29 is 13.2 Å². The van der Waals surface area contributed by atoms with Crippen LogP contribution in [-0.2, 0) is 20.0 Å². The van der Waals surface area contributed by atoms with Crippen LogP contribution in [0.25, 0.3) is 0 Å². The van der Waals surface area contributed by atoms with Crippen LogP contribution >= 0.6 is 0 Å². The summed E-state index contributed by atoms with van der Waals surface area (Å²) >= 11 is 0. The summed E-state index contributed by atoms with van der Waals surface area (Å²) in [7, 11) is -3.72. The Morgan fingerprint density at radius 1 is 0.958 bits per heavy atom. The predicted molar refractivity (Wildman–Crippen MR) is 95.4 cm³/mol. The first-order valence-corrected chi connectivity index (χ1v) is 9.31. The summed E-state index contributed by atoms with van der Waals surface area (Å²) in [5.74, 6) is 0. The van der Waals surface area contributed by atoms with Gasteiger partial charge in [-0.3, -0.25) is 4.79 Å². The minimum atomic E-state index is -3.72. The SMILES string of the molecule is Cc1ccc(S(=O)(=O)C(NC=O)c2ccc(C(C)(C)C)cc2)cc1. The second-order valence-electron chi connectivity index (χ2n) is 6.89. The fourth-order valence-electron chi connectivity index (χ4n) is 2.45. The van der Waals surface area contributed by atoms with Crippen LogP contribution in [0, 0.1) is 6.92 Å². The fraction of sp³-hybridized carbons (Fsp3) is 0.316. The highest BCUT2D eigenvalue weighted by molar-refractivity contribution is 7.91. The lowest BCUT2D eigenvalue weighted by Crippen LogP contribution is -2.28. The predicted octanol–water partition coefficient (Wildman–Crippen LogP) is 3.51. The molecule has 1 N–H and O–H groups in total. The molecule has 0 aliphatic heterocycles. The van der Waals surface area contributed by atoms with Crippen LogP contribution in [-0.4, -0.2) is 14.8 Å². The van der Waals surface area contributed by atoms with Gasteiger partial charge in [0.05, 0.1) is 4.90 Å². The van der Waals surface area contributed by atoms with Crippen molar-refractivity contribution in [3.63, 3.8) is 0 Å². The first-order valence-electron chi connectivity index (χ1n) is 7.77. The zero-order valence-electron chi connectivity index (χ0n) is 14.4. The number of amides is 1. The third-order valence-corrected chi connectivity index (χ3v) is 5.92. The summed E-state index contributed by atoms with van der Waals surface area (Å²) in [6.07, 6.45) is 0.425. The molecule has 0 radical (unpaired) electrons. The lowest BCUT2D eigenvalue weighted by Gasteiger charge is -2.21. The number of aryl methyl sites for hydroxylation is 1. The molecule has 2 rings (SSSR count). The van der Waals surface area contributed by atoms with Crippen molar-refractivity contribution >= 4 is 16.2 Å². The van der Waals surface area contributed by atoms with E-state index in [0.29, 0.717) is 12.0 Å². The Morgan fingerprint density at radius 3 is 1.96 bits per heavy atom. The number of rotatable bonds is 5. The lowest BCUT2D eigenvalue weighted by molar-refractivity contribution is -0.109. The molecule has 24 heavy (non-hydrogen) atoms. The standard InChI is InChI=1S/C19H23NO3S/c1-14-5-11-17(12-6-14)24(22,23)18(20-13-21)15-7-9-16(10-8-15)19(2,3)4/h5-13,18H,1-4H3,(H,20,21). The Hall–Kier alpha value is -2.14. The molecule has 0 aromatic heterocycles. The summed E-state index contributed by atoms with van der Waals surface area (Å²) in [6, 6.07) is 13.9. The van der Waals surface area contributed by atoms with Gasteiger partial charge in [0.15, 0.2) is 5.37 Å².